The molecule has 1 aliphatic rings. The average molecular weight is 219 g/mol. The largest absolute Gasteiger partial charge is 0.475 e. The van der Waals surface area contributed by atoms with Crippen molar-refractivity contribution in [1.82, 2.24) is 0 Å². The number of aliphatic hydroxyl groups excluding tert-OH is 1. The van der Waals surface area contributed by atoms with E-state index in [1.165, 1.54) is 0 Å². The molecule has 1 aromatic carbocycles. The van der Waals surface area contributed by atoms with Gasteiger partial charge in [0.2, 0.25) is 0 Å². The monoisotopic (exact) mass is 219 g/mol. The summed E-state index contributed by atoms with van der Waals surface area (Å²) in [5.74, 6) is 0.699. The highest BCUT2D eigenvalue weighted by Gasteiger charge is 2.43. The van der Waals surface area contributed by atoms with Crippen LogP contribution in [0.25, 0.3) is 0 Å². The second-order valence-corrected chi connectivity index (χ2v) is 4.15. The minimum Gasteiger partial charge on any atom is -0.475 e. The molecule has 1 N–H and O–H groups in total. The maximum absolute atomic E-state index is 9.23. The fourth-order valence-corrected chi connectivity index (χ4v) is 2.35. The Morgan fingerprint density at radius 1 is 1.38 bits per heavy atom. The summed E-state index contributed by atoms with van der Waals surface area (Å²) >= 11 is 0. The first kappa shape index (κ1) is 11.1. The van der Waals surface area contributed by atoms with E-state index in [2.05, 4.69) is 4.99 Å². The van der Waals surface area contributed by atoms with Gasteiger partial charge in [-0.15, -0.1) is 0 Å². The molecule has 3 nitrogen and oxygen atoms in total. The van der Waals surface area contributed by atoms with Crippen LogP contribution in [0.3, 0.4) is 0 Å². The van der Waals surface area contributed by atoms with Crippen molar-refractivity contribution in [2.75, 3.05) is 6.61 Å². The molecular formula is C13H17NO2. The zero-order valence-corrected chi connectivity index (χ0v) is 9.68. The molecule has 1 aromatic rings. The molecule has 2 rings (SSSR count). The van der Waals surface area contributed by atoms with E-state index in [1.807, 2.05) is 44.2 Å². The molecule has 0 fully saturated rings. The van der Waals surface area contributed by atoms with Crippen molar-refractivity contribution in [1.29, 1.82) is 0 Å². The second kappa shape index (κ2) is 4.26. The van der Waals surface area contributed by atoms with Crippen molar-refractivity contribution >= 4 is 5.90 Å². The van der Waals surface area contributed by atoms with Gasteiger partial charge >= 0.3 is 0 Å². The van der Waals surface area contributed by atoms with Gasteiger partial charge < -0.3 is 9.84 Å². The Kier molecular flexibility index (Phi) is 2.97. The Labute approximate surface area is 95.8 Å². The fourth-order valence-electron chi connectivity index (χ4n) is 2.35. The molecule has 1 heterocycles. The Balaban J connectivity index is 2.44. The Bertz CT molecular complexity index is 388. The van der Waals surface area contributed by atoms with Gasteiger partial charge in [-0.05, 0) is 12.5 Å². The van der Waals surface area contributed by atoms with Crippen LogP contribution in [-0.4, -0.2) is 23.7 Å². The highest BCUT2D eigenvalue weighted by molar-refractivity contribution is 5.76. The van der Waals surface area contributed by atoms with Crippen LogP contribution in [0.1, 0.15) is 25.8 Å². The lowest BCUT2D eigenvalue weighted by atomic mass is 9.83. The minimum absolute atomic E-state index is 0.0259. The SMILES string of the molecule is CC1=NC(CCO)(c2ccccc2)C(C)O1. The number of rotatable bonds is 3. The van der Waals surface area contributed by atoms with Crippen molar-refractivity contribution in [2.45, 2.75) is 31.9 Å². The lowest BCUT2D eigenvalue weighted by Crippen LogP contribution is -2.34. The molecule has 0 radical (unpaired) electrons. The normalized spacial score (nSPS) is 28.7. The number of aliphatic hydroxyl groups is 1. The summed E-state index contributed by atoms with van der Waals surface area (Å²) in [6.07, 6.45) is 0.567. The molecule has 0 aromatic heterocycles. The van der Waals surface area contributed by atoms with Gasteiger partial charge in [0.25, 0.3) is 0 Å². The smallest absolute Gasteiger partial charge is 0.181 e. The van der Waals surface area contributed by atoms with E-state index in [4.69, 9.17) is 4.74 Å². The molecule has 2 atom stereocenters. The zero-order chi connectivity index (χ0) is 11.6. The molecule has 16 heavy (non-hydrogen) atoms. The first-order chi connectivity index (χ1) is 7.69. The predicted octanol–water partition coefficient (Wildman–Crippen LogP) is 2.10. The van der Waals surface area contributed by atoms with Gasteiger partial charge in [-0.1, -0.05) is 30.3 Å². The summed E-state index contributed by atoms with van der Waals surface area (Å²) in [4.78, 5) is 4.60. The fraction of sp³-hybridized carbons (Fsp3) is 0.462. The van der Waals surface area contributed by atoms with Crippen LogP contribution in [-0.2, 0) is 10.3 Å². The average Bonchev–Trinajstić information content (AvgIpc) is 2.57. The maximum Gasteiger partial charge on any atom is 0.181 e. The summed E-state index contributed by atoms with van der Waals surface area (Å²) in [7, 11) is 0. The van der Waals surface area contributed by atoms with E-state index in [1.54, 1.807) is 0 Å². The van der Waals surface area contributed by atoms with E-state index < -0.39 is 5.54 Å². The molecule has 1 aliphatic heterocycles. The van der Waals surface area contributed by atoms with Crippen LogP contribution in [0, 0.1) is 0 Å². The number of hydrogen-bond donors (Lipinski definition) is 1. The third-order valence-electron chi connectivity index (χ3n) is 3.14. The first-order valence-corrected chi connectivity index (χ1v) is 5.58. The number of nitrogens with zero attached hydrogens (tertiary/aromatic N) is 1. The van der Waals surface area contributed by atoms with Gasteiger partial charge in [-0.3, -0.25) is 0 Å². The molecule has 0 aliphatic carbocycles. The van der Waals surface area contributed by atoms with Gasteiger partial charge in [0.15, 0.2) is 5.90 Å². The van der Waals surface area contributed by atoms with Crippen molar-refractivity contribution < 1.29 is 9.84 Å². The molecule has 0 spiro atoms. The van der Waals surface area contributed by atoms with Crippen LogP contribution in [0.4, 0.5) is 0 Å². The summed E-state index contributed by atoms with van der Waals surface area (Å²) in [6.45, 7) is 3.97. The third kappa shape index (κ3) is 1.71. The summed E-state index contributed by atoms with van der Waals surface area (Å²) in [5.41, 5.74) is 0.688. The molecular weight excluding hydrogens is 202 g/mol. The molecule has 3 heteroatoms. The van der Waals surface area contributed by atoms with Crippen LogP contribution in [0.2, 0.25) is 0 Å². The Morgan fingerprint density at radius 2 is 2.06 bits per heavy atom. The van der Waals surface area contributed by atoms with Gasteiger partial charge in [0.05, 0.1) is 0 Å². The highest BCUT2D eigenvalue weighted by atomic mass is 16.5. The van der Waals surface area contributed by atoms with Crippen LogP contribution < -0.4 is 0 Å². The van der Waals surface area contributed by atoms with Crippen LogP contribution >= 0.6 is 0 Å². The third-order valence-corrected chi connectivity index (χ3v) is 3.14. The van der Waals surface area contributed by atoms with E-state index >= 15 is 0 Å². The number of benzene rings is 1. The Hall–Kier alpha value is -1.35. The highest BCUT2D eigenvalue weighted by Crippen LogP contribution is 2.39. The van der Waals surface area contributed by atoms with Crippen molar-refractivity contribution in [3.8, 4) is 0 Å². The van der Waals surface area contributed by atoms with Crippen LogP contribution in [0.15, 0.2) is 35.3 Å². The van der Waals surface area contributed by atoms with Gasteiger partial charge in [-0.25, -0.2) is 4.99 Å². The van der Waals surface area contributed by atoms with Gasteiger partial charge in [-0.2, -0.15) is 0 Å². The topological polar surface area (TPSA) is 41.8 Å². The van der Waals surface area contributed by atoms with E-state index in [9.17, 15) is 5.11 Å². The summed E-state index contributed by atoms with van der Waals surface area (Å²) < 4.78 is 5.62. The summed E-state index contributed by atoms with van der Waals surface area (Å²) in [5, 5.41) is 9.23. The molecule has 2 unspecified atom stereocenters. The summed E-state index contributed by atoms with van der Waals surface area (Å²) in [6, 6.07) is 10.0. The molecule has 86 valence electrons. The lowest BCUT2D eigenvalue weighted by Gasteiger charge is -2.29. The van der Waals surface area contributed by atoms with Crippen molar-refractivity contribution in [3.05, 3.63) is 35.9 Å². The number of aliphatic imine (C=N–C) groups is 1. The molecule has 0 bridgehead atoms. The molecule has 0 amide bonds. The number of hydrogen-bond acceptors (Lipinski definition) is 3. The van der Waals surface area contributed by atoms with Crippen molar-refractivity contribution in [2.24, 2.45) is 4.99 Å². The molecule has 0 saturated heterocycles. The lowest BCUT2D eigenvalue weighted by molar-refractivity contribution is 0.125. The van der Waals surface area contributed by atoms with Crippen molar-refractivity contribution in [3.63, 3.8) is 0 Å². The second-order valence-electron chi connectivity index (χ2n) is 4.15. The zero-order valence-electron chi connectivity index (χ0n) is 9.68. The van der Waals surface area contributed by atoms with E-state index in [0.717, 1.165) is 5.56 Å². The maximum atomic E-state index is 9.23. The minimum atomic E-state index is -0.417. The standard InChI is InChI=1S/C13H17NO2/c1-10-13(8-9-15,14-11(2)16-10)12-6-4-3-5-7-12/h3-7,10,15H,8-9H2,1-2H3. The predicted molar refractivity (Wildman–Crippen MR) is 63.5 cm³/mol. The Morgan fingerprint density at radius 3 is 2.56 bits per heavy atom. The van der Waals surface area contributed by atoms with Gasteiger partial charge in [0, 0.05) is 20.0 Å². The number of ether oxygens (including phenoxy) is 1. The van der Waals surface area contributed by atoms with E-state index in [0.29, 0.717) is 12.3 Å². The molecule has 0 saturated carbocycles. The van der Waals surface area contributed by atoms with E-state index in [-0.39, 0.29) is 12.7 Å². The van der Waals surface area contributed by atoms with Crippen LogP contribution in [0.5, 0.6) is 0 Å². The van der Waals surface area contributed by atoms with Gasteiger partial charge in [0.1, 0.15) is 11.6 Å². The first-order valence-electron chi connectivity index (χ1n) is 5.58. The quantitative estimate of drug-likeness (QED) is 0.845.